The zero-order chi connectivity index (χ0) is 32.3. The minimum absolute atomic E-state index is 0. The van der Waals surface area contributed by atoms with Gasteiger partial charge < -0.3 is 25.6 Å². The molecule has 4 atom stereocenters. The number of benzene rings is 2. The van der Waals surface area contributed by atoms with Crippen LogP contribution in [0.15, 0.2) is 24.3 Å². The van der Waals surface area contributed by atoms with Crippen molar-refractivity contribution in [3.63, 3.8) is 0 Å². The van der Waals surface area contributed by atoms with Gasteiger partial charge in [-0.05, 0) is 69.7 Å². The van der Waals surface area contributed by atoms with Gasteiger partial charge in [0.25, 0.3) is 0 Å². The van der Waals surface area contributed by atoms with Gasteiger partial charge >= 0.3 is 6.09 Å². The van der Waals surface area contributed by atoms with Crippen molar-refractivity contribution in [1.82, 2.24) is 22.8 Å². The lowest BCUT2D eigenvalue weighted by Crippen LogP contribution is -2.51. The third kappa shape index (κ3) is 9.09. The molecule has 2 aromatic heterocycles. The van der Waals surface area contributed by atoms with Crippen molar-refractivity contribution in [1.29, 1.82) is 10.5 Å². The van der Waals surface area contributed by atoms with E-state index in [1.165, 1.54) is 0 Å². The second-order valence-electron chi connectivity index (χ2n) is 13.0. The monoisotopic (exact) mass is 718 g/mol. The summed E-state index contributed by atoms with van der Waals surface area (Å²) in [6.07, 6.45) is 1.56. The van der Waals surface area contributed by atoms with Crippen molar-refractivity contribution in [2.75, 3.05) is 36.0 Å². The number of piperidine rings is 2. The number of rotatable bonds is 3. The molecule has 0 bridgehead atoms. The van der Waals surface area contributed by atoms with Gasteiger partial charge in [-0.25, -0.2) is 4.79 Å². The highest BCUT2D eigenvalue weighted by atomic mass is 35.5. The summed E-state index contributed by atoms with van der Waals surface area (Å²) in [4.78, 5) is 16.6. The van der Waals surface area contributed by atoms with Gasteiger partial charge in [0.1, 0.15) is 39.8 Å². The average Bonchev–Trinajstić information content (AvgIpc) is 3.65. The molecular formula is C31H40Cl2N10O2S2. The molecule has 0 radical (unpaired) electrons. The molecule has 2 aliphatic heterocycles. The van der Waals surface area contributed by atoms with Gasteiger partial charge in [0.2, 0.25) is 0 Å². The Kier molecular flexibility index (Phi) is 12.9. The van der Waals surface area contributed by atoms with E-state index in [0.717, 1.165) is 78.3 Å². The number of nitrogens with zero attached hydrogens (tertiary/aromatic N) is 8. The summed E-state index contributed by atoms with van der Waals surface area (Å²) in [6, 6.07) is 12.0. The molecule has 0 saturated carbocycles. The first-order valence-corrected chi connectivity index (χ1v) is 16.5. The summed E-state index contributed by atoms with van der Waals surface area (Å²) in [5.41, 5.74) is 11.6. The smallest absolute Gasteiger partial charge is 0.407 e. The van der Waals surface area contributed by atoms with E-state index in [9.17, 15) is 10.1 Å². The van der Waals surface area contributed by atoms with Gasteiger partial charge in [-0.2, -0.15) is 28.0 Å². The second kappa shape index (κ2) is 16.0. The lowest BCUT2D eigenvalue weighted by Gasteiger charge is -2.38. The highest BCUT2D eigenvalue weighted by molar-refractivity contribution is 7.00. The van der Waals surface area contributed by atoms with E-state index in [2.05, 4.69) is 58.6 Å². The Labute approximate surface area is 295 Å². The Morgan fingerprint density at radius 2 is 1.30 bits per heavy atom. The van der Waals surface area contributed by atoms with E-state index in [1.54, 1.807) is 6.07 Å². The standard InChI is InChI=1S/C18H23N5O2S.C13H15N5S.2ClH/c1-11-7-13(20-17(24)25-18(2,3)4)10-23(9-11)14-6-5-12(8-19)15-16(14)22-26-21-15;1-8-4-10(15)7-18(6-8)11-3-2-9(5-14)12-13(11)17-19-16-12;;/h5-6,11,13H,7,9-10H2,1-4H3,(H,20,24);2-3,8,10H,4,6-7,15H2,1H3;2*1H/t11-,13+;8-,10+;;/m00../s1. The number of nitriles is 2. The molecule has 0 aliphatic carbocycles. The molecule has 2 aliphatic rings. The van der Waals surface area contributed by atoms with Gasteiger partial charge in [0.15, 0.2) is 0 Å². The first-order valence-electron chi connectivity index (χ1n) is 15.0. The number of fused-ring (bicyclic) bond motifs is 2. The van der Waals surface area contributed by atoms with Crippen LogP contribution < -0.4 is 20.9 Å². The number of ether oxygens (including phenoxy) is 1. The zero-order valence-electron chi connectivity index (χ0n) is 27.0. The second-order valence-corrected chi connectivity index (χ2v) is 14.1. The predicted molar refractivity (Wildman–Crippen MR) is 192 cm³/mol. The van der Waals surface area contributed by atoms with Crippen molar-refractivity contribution in [2.45, 2.75) is 65.1 Å². The number of nitrogens with two attached hydrogens (primary N) is 1. The van der Waals surface area contributed by atoms with Crippen LogP contribution in [0.3, 0.4) is 0 Å². The summed E-state index contributed by atoms with van der Waals surface area (Å²) in [5.74, 6) is 0.974. The van der Waals surface area contributed by atoms with Crippen molar-refractivity contribution >= 4 is 87.8 Å². The topological polar surface area (TPSA) is 170 Å². The third-order valence-electron chi connectivity index (χ3n) is 7.78. The number of nitrogens with one attached hydrogen (secondary N) is 1. The highest BCUT2D eigenvalue weighted by Gasteiger charge is 2.29. The summed E-state index contributed by atoms with van der Waals surface area (Å²) in [6.45, 7) is 13.3. The van der Waals surface area contributed by atoms with Crippen LogP contribution in [0.5, 0.6) is 0 Å². The molecule has 12 nitrogen and oxygen atoms in total. The van der Waals surface area contributed by atoms with Crippen LogP contribution >= 0.6 is 48.3 Å². The molecule has 252 valence electrons. The van der Waals surface area contributed by atoms with Gasteiger partial charge in [-0.1, -0.05) is 13.8 Å². The maximum absolute atomic E-state index is 12.1. The SMILES string of the molecule is C[C@H]1C[C@@H](N)CN(c2ccc(C#N)c3nsnc23)C1.C[C@H]1C[C@@H](NC(=O)OC(C)(C)C)CN(c2ccc(C#N)c3nsnc23)C1.Cl.Cl. The number of anilines is 2. The van der Waals surface area contributed by atoms with Crippen LogP contribution in [-0.2, 0) is 4.74 Å². The van der Waals surface area contributed by atoms with Gasteiger partial charge in [-0.15, -0.1) is 24.8 Å². The number of amides is 1. The lowest BCUT2D eigenvalue weighted by molar-refractivity contribution is 0.0495. The molecule has 4 aromatic rings. The van der Waals surface area contributed by atoms with Gasteiger partial charge in [-0.3, -0.25) is 0 Å². The van der Waals surface area contributed by atoms with Crippen molar-refractivity contribution in [2.24, 2.45) is 17.6 Å². The number of hydrogen-bond donors (Lipinski definition) is 2. The Bertz CT molecular complexity index is 1750. The summed E-state index contributed by atoms with van der Waals surface area (Å²) < 4.78 is 22.6. The van der Waals surface area contributed by atoms with Gasteiger partial charge in [0, 0.05) is 38.3 Å². The normalized spacial score (nSPS) is 20.9. The van der Waals surface area contributed by atoms with Crippen LogP contribution in [0.1, 0.15) is 58.6 Å². The molecule has 2 aromatic carbocycles. The van der Waals surface area contributed by atoms with E-state index < -0.39 is 11.7 Å². The Hall–Kier alpha value is -3.53. The van der Waals surface area contributed by atoms with Crippen LogP contribution in [0.2, 0.25) is 0 Å². The lowest BCUT2D eigenvalue weighted by atomic mass is 9.95. The predicted octanol–water partition coefficient (Wildman–Crippen LogP) is 5.88. The van der Waals surface area contributed by atoms with E-state index in [-0.39, 0.29) is 36.9 Å². The number of carbonyl (C=O) groups excluding carboxylic acids is 1. The molecule has 16 heteroatoms. The highest BCUT2D eigenvalue weighted by Crippen LogP contribution is 2.32. The quantitative estimate of drug-likeness (QED) is 0.259. The fraction of sp³-hybridized carbons (Fsp3) is 0.516. The molecule has 47 heavy (non-hydrogen) atoms. The van der Waals surface area contributed by atoms with E-state index in [0.29, 0.717) is 40.5 Å². The summed E-state index contributed by atoms with van der Waals surface area (Å²) in [7, 11) is 0. The molecular weight excluding hydrogens is 679 g/mol. The molecule has 2 fully saturated rings. The number of alkyl carbamates (subject to hydrolysis) is 1. The molecule has 0 unspecified atom stereocenters. The fourth-order valence-electron chi connectivity index (χ4n) is 6.12. The number of hydrogen-bond acceptors (Lipinski definition) is 13. The van der Waals surface area contributed by atoms with Crippen LogP contribution in [0.25, 0.3) is 22.1 Å². The van der Waals surface area contributed by atoms with Crippen molar-refractivity contribution in [3.05, 3.63) is 35.4 Å². The Morgan fingerprint density at radius 3 is 1.77 bits per heavy atom. The zero-order valence-corrected chi connectivity index (χ0v) is 30.2. The molecule has 1 amide bonds. The van der Waals surface area contributed by atoms with E-state index in [4.69, 9.17) is 15.7 Å². The largest absolute Gasteiger partial charge is 0.444 e. The number of halogens is 2. The number of aromatic nitrogens is 4. The van der Waals surface area contributed by atoms with E-state index >= 15 is 0 Å². The van der Waals surface area contributed by atoms with Crippen LogP contribution in [0, 0.1) is 34.5 Å². The van der Waals surface area contributed by atoms with Gasteiger partial charge in [0.05, 0.1) is 46.0 Å². The molecule has 0 spiro atoms. The first kappa shape index (κ1) is 37.9. The Balaban J connectivity index is 0.000000255. The van der Waals surface area contributed by atoms with Crippen LogP contribution in [-0.4, -0.2) is 67.5 Å². The third-order valence-corrected chi connectivity index (χ3v) is 8.84. The average molecular weight is 720 g/mol. The maximum atomic E-state index is 12.1. The first-order chi connectivity index (χ1) is 21.5. The van der Waals surface area contributed by atoms with Crippen LogP contribution in [0.4, 0.5) is 16.2 Å². The molecule has 3 N–H and O–H groups in total. The molecule has 6 rings (SSSR count). The minimum Gasteiger partial charge on any atom is -0.444 e. The van der Waals surface area contributed by atoms with Crippen molar-refractivity contribution in [3.8, 4) is 12.1 Å². The molecule has 2 saturated heterocycles. The maximum Gasteiger partial charge on any atom is 0.407 e. The minimum atomic E-state index is -0.518. The number of carbonyl (C=O) groups is 1. The Morgan fingerprint density at radius 1 is 0.830 bits per heavy atom. The summed E-state index contributed by atoms with van der Waals surface area (Å²) in [5, 5.41) is 21.3. The molecule has 4 heterocycles. The van der Waals surface area contributed by atoms with Crippen molar-refractivity contribution < 1.29 is 9.53 Å². The van der Waals surface area contributed by atoms with E-state index in [1.807, 2.05) is 39.0 Å². The fourth-order valence-corrected chi connectivity index (χ4v) is 7.26. The summed E-state index contributed by atoms with van der Waals surface area (Å²) >= 11 is 2.26.